The van der Waals surface area contributed by atoms with E-state index in [1.165, 1.54) is 0 Å². The van der Waals surface area contributed by atoms with Crippen LogP contribution in [-0.4, -0.2) is 12.5 Å². The summed E-state index contributed by atoms with van der Waals surface area (Å²) < 4.78 is 0. The Hall–Kier alpha value is -1.61. The highest BCUT2D eigenvalue weighted by atomic mass is 16.1. The number of nitrogens with one attached hydrogen (secondary N) is 1. The molecule has 1 aromatic rings. The van der Waals surface area contributed by atoms with Crippen molar-refractivity contribution in [3.63, 3.8) is 0 Å². The maximum atomic E-state index is 11.9. The van der Waals surface area contributed by atoms with Gasteiger partial charge in [-0.25, -0.2) is 0 Å². The summed E-state index contributed by atoms with van der Waals surface area (Å²) in [5, 5.41) is 2.90. The van der Waals surface area contributed by atoms with Crippen LogP contribution in [0.5, 0.6) is 0 Å². The van der Waals surface area contributed by atoms with E-state index < -0.39 is 0 Å². The van der Waals surface area contributed by atoms with Gasteiger partial charge in [0.15, 0.2) is 0 Å². The van der Waals surface area contributed by atoms with Gasteiger partial charge in [-0.1, -0.05) is 49.4 Å². The molecule has 0 heterocycles. The summed E-state index contributed by atoms with van der Waals surface area (Å²) in [5.41, 5.74) is 7.09. The lowest BCUT2D eigenvalue weighted by Crippen LogP contribution is -2.35. The first-order valence-corrected chi connectivity index (χ1v) is 6.36. The number of rotatable bonds is 6. The summed E-state index contributed by atoms with van der Waals surface area (Å²) >= 11 is 0. The molecular weight excluding hydrogens is 224 g/mol. The maximum absolute atomic E-state index is 11.9. The Bertz CT molecular complexity index is 387. The van der Waals surface area contributed by atoms with Crippen LogP contribution in [0.4, 0.5) is 0 Å². The smallest absolute Gasteiger partial charge is 0.224 e. The third-order valence-electron chi connectivity index (χ3n) is 2.98. The molecule has 0 spiro atoms. The average Bonchev–Trinajstić information content (AvgIpc) is 2.42. The van der Waals surface area contributed by atoms with E-state index in [2.05, 4.69) is 5.32 Å². The van der Waals surface area contributed by atoms with Crippen molar-refractivity contribution in [2.45, 2.75) is 26.3 Å². The van der Waals surface area contributed by atoms with Crippen LogP contribution in [0.15, 0.2) is 42.5 Å². The summed E-state index contributed by atoms with van der Waals surface area (Å²) in [6.07, 6.45) is 4.86. The van der Waals surface area contributed by atoms with Crippen LogP contribution in [0.1, 0.15) is 31.9 Å². The molecule has 0 bridgehead atoms. The number of nitrogens with two attached hydrogens (primary N) is 1. The van der Waals surface area contributed by atoms with Gasteiger partial charge in [0.2, 0.25) is 5.91 Å². The number of allylic oxidation sites excluding steroid dienone is 1. The van der Waals surface area contributed by atoms with E-state index in [4.69, 9.17) is 5.73 Å². The first kappa shape index (κ1) is 14.5. The van der Waals surface area contributed by atoms with Gasteiger partial charge in [0.25, 0.3) is 0 Å². The van der Waals surface area contributed by atoms with Crippen molar-refractivity contribution in [1.29, 1.82) is 0 Å². The molecule has 0 aliphatic rings. The quantitative estimate of drug-likeness (QED) is 0.598. The molecule has 18 heavy (non-hydrogen) atoms. The number of amides is 1. The summed E-state index contributed by atoms with van der Waals surface area (Å²) in [6.45, 7) is 4.49. The number of benzene rings is 1. The normalized spacial score (nSPS) is 14.4. The third kappa shape index (κ3) is 4.34. The van der Waals surface area contributed by atoms with Crippen molar-refractivity contribution in [2.24, 2.45) is 11.7 Å². The van der Waals surface area contributed by atoms with E-state index in [0.29, 0.717) is 6.54 Å². The van der Waals surface area contributed by atoms with Gasteiger partial charge in [0.05, 0.1) is 5.92 Å². The van der Waals surface area contributed by atoms with Gasteiger partial charge in [-0.2, -0.15) is 0 Å². The second-order valence-corrected chi connectivity index (χ2v) is 4.37. The molecule has 3 nitrogen and oxygen atoms in total. The van der Waals surface area contributed by atoms with Crippen LogP contribution in [0.3, 0.4) is 0 Å². The molecule has 1 amide bonds. The van der Waals surface area contributed by atoms with E-state index in [0.717, 1.165) is 12.0 Å². The Balaban J connectivity index is 2.48. The summed E-state index contributed by atoms with van der Waals surface area (Å²) in [7, 11) is 0. The fraction of sp³-hybridized carbons (Fsp3) is 0.400. The largest absolute Gasteiger partial charge is 0.356 e. The Morgan fingerprint density at radius 3 is 2.67 bits per heavy atom. The predicted octanol–water partition coefficient (Wildman–Crippen LogP) is 2.40. The first-order chi connectivity index (χ1) is 8.66. The maximum Gasteiger partial charge on any atom is 0.224 e. The highest BCUT2D eigenvalue weighted by molar-refractivity contribution is 5.79. The minimum Gasteiger partial charge on any atom is -0.356 e. The van der Waals surface area contributed by atoms with Crippen molar-refractivity contribution in [3.05, 3.63) is 48.0 Å². The minimum atomic E-state index is -0.257. The van der Waals surface area contributed by atoms with E-state index >= 15 is 0 Å². The molecular formula is C15H22N2O. The zero-order chi connectivity index (χ0) is 13.4. The van der Waals surface area contributed by atoms with Gasteiger partial charge in [-0.05, 0) is 18.9 Å². The topological polar surface area (TPSA) is 55.1 Å². The van der Waals surface area contributed by atoms with Gasteiger partial charge < -0.3 is 11.1 Å². The number of hydrogen-bond donors (Lipinski definition) is 2. The lowest BCUT2D eigenvalue weighted by molar-refractivity contribution is -0.125. The molecule has 0 fully saturated rings. The van der Waals surface area contributed by atoms with Crippen LogP contribution in [0.2, 0.25) is 0 Å². The van der Waals surface area contributed by atoms with E-state index in [1.807, 2.05) is 56.3 Å². The molecule has 0 saturated heterocycles. The molecule has 0 aromatic heterocycles. The molecule has 98 valence electrons. The van der Waals surface area contributed by atoms with Gasteiger partial charge in [-0.3, -0.25) is 4.79 Å². The SMILES string of the molecule is C/C=C/CCNC(=O)C(C)C(N)c1ccccc1. The van der Waals surface area contributed by atoms with Crippen molar-refractivity contribution < 1.29 is 4.79 Å². The van der Waals surface area contributed by atoms with E-state index in [9.17, 15) is 4.79 Å². The molecule has 2 unspecified atom stereocenters. The fourth-order valence-corrected chi connectivity index (χ4v) is 1.73. The molecule has 1 rings (SSSR count). The molecule has 0 radical (unpaired) electrons. The minimum absolute atomic E-state index is 0.0101. The van der Waals surface area contributed by atoms with Crippen molar-refractivity contribution in [2.75, 3.05) is 6.54 Å². The van der Waals surface area contributed by atoms with Gasteiger partial charge in [-0.15, -0.1) is 0 Å². The van der Waals surface area contributed by atoms with Gasteiger partial charge in [0, 0.05) is 12.6 Å². The van der Waals surface area contributed by atoms with Crippen LogP contribution in [-0.2, 0) is 4.79 Å². The number of carbonyl (C=O) groups excluding carboxylic acids is 1. The van der Waals surface area contributed by atoms with Gasteiger partial charge >= 0.3 is 0 Å². The Kier molecular flexibility index (Phi) is 6.15. The summed E-state index contributed by atoms with van der Waals surface area (Å²) in [5.74, 6) is -0.214. The fourth-order valence-electron chi connectivity index (χ4n) is 1.73. The second kappa shape index (κ2) is 7.67. The second-order valence-electron chi connectivity index (χ2n) is 4.37. The van der Waals surface area contributed by atoms with Crippen LogP contribution in [0.25, 0.3) is 0 Å². The van der Waals surface area contributed by atoms with Gasteiger partial charge in [0.1, 0.15) is 0 Å². The summed E-state index contributed by atoms with van der Waals surface area (Å²) in [4.78, 5) is 11.9. The molecule has 2 atom stereocenters. The lowest BCUT2D eigenvalue weighted by atomic mass is 9.95. The first-order valence-electron chi connectivity index (χ1n) is 6.36. The number of carbonyl (C=O) groups is 1. The highest BCUT2D eigenvalue weighted by Crippen LogP contribution is 2.18. The Morgan fingerprint density at radius 1 is 1.39 bits per heavy atom. The van der Waals surface area contributed by atoms with E-state index in [1.54, 1.807) is 0 Å². The van der Waals surface area contributed by atoms with Crippen LogP contribution in [0, 0.1) is 5.92 Å². The molecule has 3 N–H and O–H groups in total. The molecule has 1 aromatic carbocycles. The molecule has 0 saturated carbocycles. The highest BCUT2D eigenvalue weighted by Gasteiger charge is 2.21. The predicted molar refractivity (Wildman–Crippen MR) is 75.0 cm³/mol. The Morgan fingerprint density at radius 2 is 2.06 bits per heavy atom. The zero-order valence-electron chi connectivity index (χ0n) is 11.1. The molecule has 0 aliphatic carbocycles. The summed E-state index contributed by atoms with van der Waals surface area (Å²) in [6, 6.07) is 9.46. The lowest BCUT2D eigenvalue weighted by Gasteiger charge is -2.19. The van der Waals surface area contributed by atoms with Crippen LogP contribution >= 0.6 is 0 Å². The average molecular weight is 246 g/mol. The molecule has 3 heteroatoms. The standard InChI is InChI=1S/C15H22N2O/c1-3-4-8-11-17-15(18)12(2)14(16)13-9-6-5-7-10-13/h3-7,9-10,12,14H,8,11,16H2,1-2H3,(H,17,18)/b4-3+. The van der Waals surface area contributed by atoms with Crippen molar-refractivity contribution >= 4 is 5.91 Å². The van der Waals surface area contributed by atoms with Crippen molar-refractivity contribution in [1.82, 2.24) is 5.32 Å². The van der Waals surface area contributed by atoms with Crippen LogP contribution < -0.4 is 11.1 Å². The van der Waals surface area contributed by atoms with Crippen molar-refractivity contribution in [3.8, 4) is 0 Å². The molecule has 0 aliphatic heterocycles. The monoisotopic (exact) mass is 246 g/mol. The third-order valence-corrected chi connectivity index (χ3v) is 2.98. The Labute approximate surface area is 109 Å². The zero-order valence-corrected chi connectivity index (χ0v) is 11.1. The van der Waals surface area contributed by atoms with E-state index in [-0.39, 0.29) is 17.9 Å². The number of hydrogen-bond acceptors (Lipinski definition) is 2.